The molecule has 1 unspecified atom stereocenters. The molecular weight excluding hydrogens is 170 g/mol. The summed E-state index contributed by atoms with van der Waals surface area (Å²) < 4.78 is 0. The van der Waals surface area contributed by atoms with Gasteiger partial charge in [-0.3, -0.25) is 4.90 Å². The zero-order chi connectivity index (χ0) is 10.6. The standard InChI is InChI=1S/C13H23N/c1-5-9-14-10-7-6-8-12(14)11-13(2,3)4/h1,12H,6-11H2,2-4H3. The van der Waals surface area contributed by atoms with E-state index in [1.807, 2.05) is 0 Å². The zero-order valence-electron chi connectivity index (χ0n) is 9.84. The third-order valence-corrected chi connectivity index (χ3v) is 2.89. The molecule has 0 radical (unpaired) electrons. The summed E-state index contributed by atoms with van der Waals surface area (Å²) >= 11 is 0. The summed E-state index contributed by atoms with van der Waals surface area (Å²) in [4.78, 5) is 2.48. The SMILES string of the molecule is C#CCN1CCCCC1CC(C)(C)C. The van der Waals surface area contributed by atoms with Crippen molar-refractivity contribution in [2.24, 2.45) is 5.41 Å². The minimum absolute atomic E-state index is 0.425. The molecule has 0 amide bonds. The van der Waals surface area contributed by atoms with Crippen LogP contribution in [0.2, 0.25) is 0 Å². The topological polar surface area (TPSA) is 3.24 Å². The Morgan fingerprint density at radius 1 is 1.36 bits per heavy atom. The number of terminal acetylenes is 1. The maximum absolute atomic E-state index is 5.39. The van der Waals surface area contributed by atoms with Crippen molar-refractivity contribution in [1.82, 2.24) is 4.90 Å². The number of rotatable bonds is 2. The van der Waals surface area contributed by atoms with Crippen LogP contribution < -0.4 is 0 Å². The Labute approximate surface area is 88.9 Å². The number of hydrogen-bond donors (Lipinski definition) is 0. The summed E-state index contributed by atoms with van der Waals surface area (Å²) in [5.41, 5.74) is 0.425. The molecule has 0 spiro atoms. The minimum Gasteiger partial charge on any atom is -0.289 e. The van der Waals surface area contributed by atoms with E-state index in [0.29, 0.717) is 5.41 Å². The van der Waals surface area contributed by atoms with Gasteiger partial charge in [-0.2, -0.15) is 0 Å². The van der Waals surface area contributed by atoms with E-state index in [-0.39, 0.29) is 0 Å². The van der Waals surface area contributed by atoms with Crippen LogP contribution in [-0.4, -0.2) is 24.0 Å². The molecule has 0 aromatic heterocycles. The molecule has 1 saturated heterocycles. The predicted octanol–water partition coefficient (Wildman–Crippen LogP) is 2.91. The molecule has 1 heterocycles. The number of likely N-dealkylation sites (tertiary alicyclic amines) is 1. The molecule has 0 aromatic rings. The molecule has 1 aliphatic heterocycles. The number of piperidine rings is 1. The Morgan fingerprint density at radius 2 is 2.07 bits per heavy atom. The van der Waals surface area contributed by atoms with E-state index in [0.717, 1.165) is 12.6 Å². The average molecular weight is 193 g/mol. The normalized spacial score (nSPS) is 24.6. The lowest BCUT2D eigenvalue weighted by molar-refractivity contribution is 0.124. The average Bonchev–Trinajstić information content (AvgIpc) is 2.06. The van der Waals surface area contributed by atoms with Gasteiger partial charge in [0.25, 0.3) is 0 Å². The second-order valence-corrected chi connectivity index (χ2v) is 5.59. The van der Waals surface area contributed by atoms with Gasteiger partial charge in [-0.05, 0) is 31.2 Å². The first kappa shape index (κ1) is 11.6. The number of hydrogen-bond acceptors (Lipinski definition) is 1. The van der Waals surface area contributed by atoms with E-state index in [4.69, 9.17) is 6.42 Å². The van der Waals surface area contributed by atoms with Crippen molar-refractivity contribution in [2.45, 2.75) is 52.5 Å². The van der Waals surface area contributed by atoms with Gasteiger partial charge in [0.15, 0.2) is 0 Å². The van der Waals surface area contributed by atoms with Crippen molar-refractivity contribution in [3.8, 4) is 12.3 Å². The van der Waals surface area contributed by atoms with Gasteiger partial charge in [0.1, 0.15) is 0 Å². The third-order valence-electron chi connectivity index (χ3n) is 2.89. The molecule has 1 atom stereocenters. The van der Waals surface area contributed by atoms with Crippen LogP contribution >= 0.6 is 0 Å². The lowest BCUT2D eigenvalue weighted by atomic mass is 9.84. The smallest absolute Gasteiger partial charge is 0.0601 e. The van der Waals surface area contributed by atoms with Crippen molar-refractivity contribution < 1.29 is 0 Å². The molecule has 0 aliphatic carbocycles. The van der Waals surface area contributed by atoms with E-state index < -0.39 is 0 Å². The highest BCUT2D eigenvalue weighted by Gasteiger charge is 2.25. The van der Waals surface area contributed by atoms with Crippen molar-refractivity contribution >= 4 is 0 Å². The van der Waals surface area contributed by atoms with Crippen molar-refractivity contribution in [2.75, 3.05) is 13.1 Å². The first-order valence-corrected chi connectivity index (χ1v) is 5.70. The van der Waals surface area contributed by atoms with Gasteiger partial charge in [-0.25, -0.2) is 0 Å². The van der Waals surface area contributed by atoms with Gasteiger partial charge in [0, 0.05) is 6.04 Å². The minimum atomic E-state index is 0.425. The predicted molar refractivity (Wildman–Crippen MR) is 62.1 cm³/mol. The summed E-state index contributed by atoms with van der Waals surface area (Å²) in [5, 5.41) is 0. The Kier molecular flexibility index (Phi) is 4.01. The van der Waals surface area contributed by atoms with Gasteiger partial charge < -0.3 is 0 Å². The van der Waals surface area contributed by atoms with Crippen LogP contribution in [0.3, 0.4) is 0 Å². The molecule has 1 heteroatoms. The van der Waals surface area contributed by atoms with Crippen LogP contribution in [0, 0.1) is 17.8 Å². The highest BCUT2D eigenvalue weighted by molar-refractivity contribution is 4.92. The monoisotopic (exact) mass is 193 g/mol. The van der Waals surface area contributed by atoms with Crippen LogP contribution in [0.15, 0.2) is 0 Å². The van der Waals surface area contributed by atoms with Crippen LogP contribution in [0.5, 0.6) is 0 Å². The first-order chi connectivity index (χ1) is 6.53. The third kappa shape index (κ3) is 3.72. The van der Waals surface area contributed by atoms with Gasteiger partial charge in [-0.1, -0.05) is 33.1 Å². The number of nitrogens with zero attached hydrogens (tertiary/aromatic N) is 1. The van der Waals surface area contributed by atoms with Gasteiger partial charge in [0.2, 0.25) is 0 Å². The van der Waals surface area contributed by atoms with E-state index in [1.54, 1.807) is 0 Å². The molecule has 0 bridgehead atoms. The van der Waals surface area contributed by atoms with Gasteiger partial charge >= 0.3 is 0 Å². The second-order valence-electron chi connectivity index (χ2n) is 5.59. The van der Waals surface area contributed by atoms with Crippen molar-refractivity contribution in [1.29, 1.82) is 0 Å². The Hall–Kier alpha value is -0.480. The van der Waals surface area contributed by atoms with Crippen LogP contribution in [0.25, 0.3) is 0 Å². The maximum atomic E-state index is 5.39. The molecule has 1 rings (SSSR count). The highest BCUT2D eigenvalue weighted by Crippen LogP contribution is 2.28. The Morgan fingerprint density at radius 3 is 2.64 bits per heavy atom. The fourth-order valence-electron chi connectivity index (χ4n) is 2.32. The molecule has 0 saturated carbocycles. The van der Waals surface area contributed by atoms with E-state index >= 15 is 0 Å². The molecule has 1 nitrogen and oxygen atoms in total. The fourth-order valence-corrected chi connectivity index (χ4v) is 2.32. The molecule has 1 fully saturated rings. The van der Waals surface area contributed by atoms with E-state index in [1.165, 1.54) is 32.2 Å². The second kappa shape index (κ2) is 4.84. The summed E-state index contributed by atoms with van der Waals surface area (Å²) in [6, 6.07) is 0.722. The highest BCUT2D eigenvalue weighted by atomic mass is 15.2. The molecule has 0 aromatic carbocycles. The van der Waals surface area contributed by atoms with Crippen molar-refractivity contribution in [3.63, 3.8) is 0 Å². The molecule has 0 N–H and O–H groups in total. The van der Waals surface area contributed by atoms with Crippen molar-refractivity contribution in [3.05, 3.63) is 0 Å². The summed E-state index contributed by atoms with van der Waals surface area (Å²) in [7, 11) is 0. The largest absolute Gasteiger partial charge is 0.289 e. The molecule has 14 heavy (non-hydrogen) atoms. The van der Waals surface area contributed by atoms with Crippen LogP contribution in [0.4, 0.5) is 0 Å². The zero-order valence-corrected chi connectivity index (χ0v) is 9.84. The maximum Gasteiger partial charge on any atom is 0.0601 e. The molecule has 1 aliphatic rings. The van der Waals surface area contributed by atoms with Crippen LogP contribution in [0.1, 0.15) is 46.5 Å². The lowest BCUT2D eigenvalue weighted by Crippen LogP contribution is -2.41. The lowest BCUT2D eigenvalue weighted by Gasteiger charge is -2.38. The summed E-state index contributed by atoms with van der Waals surface area (Å²) in [6.45, 7) is 8.98. The van der Waals surface area contributed by atoms with E-state index in [2.05, 4.69) is 31.6 Å². The van der Waals surface area contributed by atoms with E-state index in [9.17, 15) is 0 Å². The Bertz CT molecular complexity index is 206. The molecule has 80 valence electrons. The van der Waals surface area contributed by atoms with Crippen LogP contribution in [-0.2, 0) is 0 Å². The fraction of sp³-hybridized carbons (Fsp3) is 0.846. The summed E-state index contributed by atoms with van der Waals surface area (Å²) in [6.07, 6.45) is 10.7. The molecular formula is C13H23N. The van der Waals surface area contributed by atoms with Gasteiger partial charge in [-0.15, -0.1) is 6.42 Å². The Balaban J connectivity index is 2.50. The summed E-state index contributed by atoms with van der Waals surface area (Å²) in [5.74, 6) is 2.78. The first-order valence-electron chi connectivity index (χ1n) is 5.70. The quantitative estimate of drug-likeness (QED) is 0.610. The van der Waals surface area contributed by atoms with Gasteiger partial charge in [0.05, 0.1) is 6.54 Å².